The van der Waals surface area contributed by atoms with Gasteiger partial charge >= 0.3 is 0 Å². The number of halogens is 1. The van der Waals surface area contributed by atoms with E-state index in [1.807, 2.05) is 24.3 Å². The van der Waals surface area contributed by atoms with E-state index in [-0.39, 0.29) is 11.7 Å². The van der Waals surface area contributed by atoms with Gasteiger partial charge in [0, 0.05) is 30.4 Å². The summed E-state index contributed by atoms with van der Waals surface area (Å²) in [6, 6.07) is 14.3. The number of fused-ring (bicyclic) bond motifs is 1. The molecule has 1 fully saturated rings. The van der Waals surface area contributed by atoms with Crippen LogP contribution in [-0.4, -0.2) is 57.2 Å². The molecule has 0 saturated carbocycles. The summed E-state index contributed by atoms with van der Waals surface area (Å²) < 4.78 is 5.32. The van der Waals surface area contributed by atoms with E-state index >= 15 is 0 Å². The van der Waals surface area contributed by atoms with Gasteiger partial charge in [-0.3, -0.25) is 4.79 Å². The summed E-state index contributed by atoms with van der Waals surface area (Å²) in [5.74, 6) is 0.565. The van der Waals surface area contributed by atoms with Crippen LogP contribution in [0.3, 0.4) is 0 Å². The van der Waals surface area contributed by atoms with Crippen LogP contribution in [0.2, 0.25) is 5.15 Å². The lowest BCUT2D eigenvalue weighted by atomic mass is 10.0. The lowest BCUT2D eigenvalue weighted by molar-refractivity contribution is 0.0303. The fourth-order valence-corrected chi connectivity index (χ4v) is 3.94. The second kappa shape index (κ2) is 8.02. The first-order valence-electron chi connectivity index (χ1n) is 9.91. The first-order valence-corrected chi connectivity index (χ1v) is 10.3. The number of ether oxygens (including phenoxy) is 1. The van der Waals surface area contributed by atoms with Gasteiger partial charge in [0.1, 0.15) is 16.7 Å². The maximum Gasteiger partial charge on any atom is 0.254 e. The van der Waals surface area contributed by atoms with Gasteiger partial charge in [0.05, 0.1) is 29.8 Å². The van der Waals surface area contributed by atoms with Crippen molar-refractivity contribution in [3.8, 4) is 28.3 Å². The van der Waals surface area contributed by atoms with E-state index in [4.69, 9.17) is 16.3 Å². The van der Waals surface area contributed by atoms with Crippen molar-refractivity contribution in [2.45, 2.75) is 0 Å². The number of aromatic hydroxyl groups is 1. The number of benzene rings is 2. The predicted molar refractivity (Wildman–Crippen MR) is 118 cm³/mol. The molecule has 0 bridgehead atoms. The zero-order chi connectivity index (χ0) is 21.4. The van der Waals surface area contributed by atoms with Gasteiger partial charge in [0.25, 0.3) is 5.91 Å². The zero-order valence-corrected chi connectivity index (χ0v) is 17.3. The number of aromatic amines is 1. The molecular formula is C23H19ClN4O3. The van der Waals surface area contributed by atoms with Crippen LogP contribution < -0.4 is 0 Å². The van der Waals surface area contributed by atoms with Gasteiger partial charge in [-0.05, 0) is 48.0 Å². The number of amides is 1. The molecule has 1 amide bonds. The third-order valence-electron chi connectivity index (χ3n) is 5.35. The number of nitrogens with zero attached hydrogens (tertiary/aromatic N) is 3. The summed E-state index contributed by atoms with van der Waals surface area (Å²) >= 11 is 6.23. The second-order valence-electron chi connectivity index (χ2n) is 7.30. The van der Waals surface area contributed by atoms with Crippen LogP contribution in [0.5, 0.6) is 5.75 Å². The molecule has 1 aliphatic heterocycles. The Morgan fingerprint density at radius 2 is 1.94 bits per heavy atom. The molecule has 2 aromatic carbocycles. The van der Waals surface area contributed by atoms with E-state index in [2.05, 4.69) is 15.0 Å². The molecule has 2 aromatic heterocycles. The number of nitrogens with one attached hydrogen (secondary N) is 1. The first kappa shape index (κ1) is 19.5. The number of imidazole rings is 1. The molecule has 156 valence electrons. The van der Waals surface area contributed by atoms with Crippen LogP contribution in [0.4, 0.5) is 0 Å². The highest BCUT2D eigenvalue weighted by Crippen LogP contribution is 2.35. The van der Waals surface area contributed by atoms with Gasteiger partial charge in [-0.25, -0.2) is 9.97 Å². The van der Waals surface area contributed by atoms with Crippen LogP contribution in [0.1, 0.15) is 10.4 Å². The third-order valence-corrected chi connectivity index (χ3v) is 5.65. The Morgan fingerprint density at radius 1 is 1.10 bits per heavy atom. The fraction of sp³-hybridized carbons (Fsp3) is 0.174. The summed E-state index contributed by atoms with van der Waals surface area (Å²) in [5, 5.41) is 10.8. The summed E-state index contributed by atoms with van der Waals surface area (Å²) in [7, 11) is 0. The molecule has 0 radical (unpaired) electrons. The number of aromatic nitrogens is 3. The quantitative estimate of drug-likeness (QED) is 0.473. The van der Waals surface area contributed by atoms with E-state index in [0.29, 0.717) is 53.9 Å². The number of rotatable bonds is 3. The molecule has 0 aliphatic carbocycles. The second-order valence-corrected chi connectivity index (χ2v) is 7.65. The van der Waals surface area contributed by atoms with Crippen LogP contribution in [-0.2, 0) is 4.74 Å². The minimum absolute atomic E-state index is 0.0302. The number of hydrogen-bond donors (Lipinski definition) is 2. The van der Waals surface area contributed by atoms with Gasteiger partial charge in [-0.15, -0.1) is 0 Å². The van der Waals surface area contributed by atoms with Gasteiger partial charge in [-0.1, -0.05) is 17.7 Å². The highest BCUT2D eigenvalue weighted by Gasteiger charge is 2.20. The van der Waals surface area contributed by atoms with Crippen molar-refractivity contribution in [1.29, 1.82) is 0 Å². The molecule has 0 unspecified atom stereocenters. The van der Waals surface area contributed by atoms with Crippen molar-refractivity contribution in [3.63, 3.8) is 0 Å². The number of H-pyrrole nitrogens is 1. The molecule has 1 aliphatic rings. The molecule has 8 heteroatoms. The molecule has 4 aromatic rings. The van der Waals surface area contributed by atoms with Crippen LogP contribution in [0.15, 0.2) is 54.7 Å². The average Bonchev–Trinajstić information content (AvgIpc) is 3.23. The number of carbonyl (C=O) groups excluding carboxylic acids is 1. The fourth-order valence-electron chi connectivity index (χ4n) is 3.71. The molecule has 3 heterocycles. The molecule has 7 nitrogen and oxygen atoms in total. The van der Waals surface area contributed by atoms with E-state index in [9.17, 15) is 9.90 Å². The Kier molecular flexibility index (Phi) is 5.05. The van der Waals surface area contributed by atoms with E-state index in [0.717, 1.165) is 16.6 Å². The van der Waals surface area contributed by atoms with Gasteiger partial charge < -0.3 is 19.7 Å². The maximum absolute atomic E-state index is 12.8. The lowest BCUT2D eigenvalue weighted by Crippen LogP contribution is -2.40. The number of morpholine rings is 1. The first-order chi connectivity index (χ1) is 15.1. The monoisotopic (exact) mass is 434 g/mol. The Hall–Kier alpha value is -3.42. The average molecular weight is 435 g/mol. The summed E-state index contributed by atoms with van der Waals surface area (Å²) in [5.41, 5.74) is 4.13. The Labute approximate surface area is 183 Å². The summed E-state index contributed by atoms with van der Waals surface area (Å²) in [6.45, 7) is 2.28. The maximum atomic E-state index is 12.8. The number of hydrogen-bond acceptors (Lipinski definition) is 5. The number of phenols is 1. The third kappa shape index (κ3) is 3.73. The molecule has 5 rings (SSSR count). The Morgan fingerprint density at radius 3 is 2.74 bits per heavy atom. The van der Waals surface area contributed by atoms with Crippen LogP contribution in [0.25, 0.3) is 33.5 Å². The highest BCUT2D eigenvalue weighted by molar-refractivity contribution is 6.32. The largest absolute Gasteiger partial charge is 0.507 e. The van der Waals surface area contributed by atoms with Crippen molar-refractivity contribution in [3.05, 3.63) is 65.4 Å². The minimum Gasteiger partial charge on any atom is -0.507 e. The molecule has 0 atom stereocenters. The topological polar surface area (TPSA) is 91.3 Å². The predicted octanol–water partition coefficient (Wildman–Crippen LogP) is 4.12. The van der Waals surface area contributed by atoms with E-state index in [1.54, 1.807) is 35.4 Å². The van der Waals surface area contributed by atoms with E-state index in [1.165, 1.54) is 0 Å². The standard InChI is InChI=1S/C23H19ClN4O3/c24-21-16(2-1-7-25-21)14-4-6-20(29)17(12-14)22-26-18-5-3-15(13-19(18)27-22)23(30)28-8-10-31-11-9-28/h1-7,12-13,29H,8-11H2,(H,26,27). The normalized spacial score (nSPS) is 14.2. The molecule has 1 saturated heterocycles. The van der Waals surface area contributed by atoms with E-state index < -0.39 is 0 Å². The SMILES string of the molecule is O=C(c1ccc2nc(-c3cc(-c4cccnc4Cl)ccc3O)[nH]c2c1)N1CCOCC1. The van der Waals surface area contributed by atoms with Crippen molar-refractivity contribution in [2.24, 2.45) is 0 Å². The van der Waals surface area contributed by atoms with Crippen molar-refractivity contribution in [2.75, 3.05) is 26.3 Å². The van der Waals surface area contributed by atoms with Crippen LogP contribution in [0, 0.1) is 0 Å². The van der Waals surface area contributed by atoms with Crippen molar-refractivity contribution in [1.82, 2.24) is 19.9 Å². The Balaban J connectivity index is 1.51. The smallest absolute Gasteiger partial charge is 0.254 e. The molecule has 31 heavy (non-hydrogen) atoms. The van der Waals surface area contributed by atoms with Crippen LogP contribution >= 0.6 is 11.6 Å². The number of carbonyl (C=O) groups is 1. The van der Waals surface area contributed by atoms with Gasteiger partial charge in [0.2, 0.25) is 0 Å². The molecule has 2 N–H and O–H groups in total. The molecule has 0 spiro atoms. The van der Waals surface area contributed by atoms with Crippen molar-refractivity contribution >= 4 is 28.5 Å². The van der Waals surface area contributed by atoms with Gasteiger partial charge in [-0.2, -0.15) is 0 Å². The number of pyridine rings is 1. The number of phenolic OH excluding ortho intramolecular Hbond substituents is 1. The van der Waals surface area contributed by atoms with Gasteiger partial charge in [0.15, 0.2) is 0 Å². The molecular weight excluding hydrogens is 416 g/mol. The minimum atomic E-state index is -0.0302. The van der Waals surface area contributed by atoms with Crippen molar-refractivity contribution < 1.29 is 14.6 Å². The summed E-state index contributed by atoms with van der Waals surface area (Å²) in [6.07, 6.45) is 1.63. The zero-order valence-electron chi connectivity index (χ0n) is 16.5. The summed E-state index contributed by atoms with van der Waals surface area (Å²) in [4.78, 5) is 26.5. The lowest BCUT2D eigenvalue weighted by Gasteiger charge is -2.26. The highest BCUT2D eigenvalue weighted by atomic mass is 35.5. The Bertz CT molecular complexity index is 1280.